The molecule has 0 bridgehead atoms. The minimum Gasteiger partial charge on any atom is -0.317 e. The van der Waals surface area contributed by atoms with Crippen molar-refractivity contribution in [2.24, 2.45) is 5.92 Å². The van der Waals surface area contributed by atoms with Crippen molar-refractivity contribution < 1.29 is 0 Å². The minimum atomic E-state index is 0.591. The summed E-state index contributed by atoms with van der Waals surface area (Å²) in [6, 6.07) is 10.4. The van der Waals surface area contributed by atoms with E-state index in [1.807, 2.05) is 16.9 Å². The number of rotatable bonds is 6. The van der Waals surface area contributed by atoms with Gasteiger partial charge in [0, 0.05) is 18.3 Å². The average Bonchev–Trinajstić information content (AvgIpc) is 2.86. The molecule has 96 valence electrons. The molecular weight excluding hydrogens is 222 g/mol. The molecule has 0 amide bonds. The summed E-state index contributed by atoms with van der Waals surface area (Å²) in [5, 5.41) is 7.80. The van der Waals surface area contributed by atoms with Crippen molar-refractivity contribution >= 4 is 0 Å². The first-order valence-corrected chi connectivity index (χ1v) is 6.58. The fourth-order valence-electron chi connectivity index (χ4n) is 2.02. The van der Waals surface area contributed by atoms with Gasteiger partial charge in [0.2, 0.25) is 0 Å². The SMILES string of the molecule is CCNCC(C)Cn1cc(-c2ccccc2)cn1. The quantitative estimate of drug-likeness (QED) is 0.845. The molecule has 0 radical (unpaired) electrons. The third kappa shape index (κ3) is 3.44. The summed E-state index contributed by atoms with van der Waals surface area (Å²) in [7, 11) is 0. The monoisotopic (exact) mass is 243 g/mol. The van der Waals surface area contributed by atoms with Gasteiger partial charge in [-0.05, 0) is 24.6 Å². The number of aromatic nitrogens is 2. The maximum absolute atomic E-state index is 4.43. The second-order valence-electron chi connectivity index (χ2n) is 4.73. The average molecular weight is 243 g/mol. The minimum absolute atomic E-state index is 0.591. The maximum atomic E-state index is 4.43. The Bertz CT molecular complexity index is 462. The van der Waals surface area contributed by atoms with Crippen molar-refractivity contribution in [1.82, 2.24) is 15.1 Å². The molecule has 1 N–H and O–H groups in total. The second-order valence-corrected chi connectivity index (χ2v) is 4.73. The predicted molar refractivity (Wildman–Crippen MR) is 75.4 cm³/mol. The lowest BCUT2D eigenvalue weighted by atomic mass is 10.1. The van der Waals surface area contributed by atoms with Gasteiger partial charge in [-0.2, -0.15) is 5.10 Å². The Morgan fingerprint density at radius 1 is 1.22 bits per heavy atom. The molecule has 0 spiro atoms. The van der Waals surface area contributed by atoms with Gasteiger partial charge in [0.1, 0.15) is 0 Å². The Morgan fingerprint density at radius 2 is 2.00 bits per heavy atom. The van der Waals surface area contributed by atoms with Crippen molar-refractivity contribution in [3.05, 3.63) is 42.7 Å². The van der Waals surface area contributed by atoms with E-state index in [9.17, 15) is 0 Å². The maximum Gasteiger partial charge on any atom is 0.0568 e. The number of benzene rings is 1. The highest BCUT2D eigenvalue weighted by atomic mass is 15.3. The Balaban J connectivity index is 1.98. The van der Waals surface area contributed by atoms with Crippen LogP contribution >= 0.6 is 0 Å². The molecule has 2 aromatic rings. The zero-order valence-electron chi connectivity index (χ0n) is 11.1. The molecule has 0 saturated heterocycles. The molecule has 0 aliphatic rings. The van der Waals surface area contributed by atoms with Crippen LogP contribution in [0.25, 0.3) is 11.1 Å². The molecule has 1 atom stereocenters. The summed E-state index contributed by atoms with van der Waals surface area (Å²) in [4.78, 5) is 0. The smallest absolute Gasteiger partial charge is 0.0568 e. The van der Waals surface area contributed by atoms with E-state index in [-0.39, 0.29) is 0 Å². The van der Waals surface area contributed by atoms with Gasteiger partial charge in [-0.15, -0.1) is 0 Å². The van der Waals surface area contributed by atoms with E-state index in [0.717, 1.165) is 19.6 Å². The van der Waals surface area contributed by atoms with E-state index in [2.05, 4.69) is 54.7 Å². The van der Waals surface area contributed by atoms with E-state index >= 15 is 0 Å². The first-order chi connectivity index (χ1) is 8.79. The third-order valence-corrected chi connectivity index (χ3v) is 2.98. The fraction of sp³-hybridized carbons (Fsp3) is 0.400. The lowest BCUT2D eigenvalue weighted by Crippen LogP contribution is -2.23. The molecular formula is C15H21N3. The standard InChI is InChI=1S/C15H21N3/c1-3-16-9-13(2)11-18-12-15(10-17-18)14-7-5-4-6-8-14/h4-8,10,12-13,16H,3,9,11H2,1-2H3. The fourth-order valence-corrected chi connectivity index (χ4v) is 2.02. The third-order valence-electron chi connectivity index (χ3n) is 2.98. The molecule has 1 aromatic heterocycles. The van der Waals surface area contributed by atoms with Crippen molar-refractivity contribution in [3.63, 3.8) is 0 Å². The molecule has 1 unspecified atom stereocenters. The van der Waals surface area contributed by atoms with Crippen LogP contribution in [0.1, 0.15) is 13.8 Å². The summed E-state index contributed by atoms with van der Waals surface area (Å²) in [6.45, 7) is 7.40. The highest BCUT2D eigenvalue weighted by molar-refractivity contribution is 5.61. The van der Waals surface area contributed by atoms with E-state index < -0.39 is 0 Å². The van der Waals surface area contributed by atoms with Crippen LogP contribution in [0.15, 0.2) is 42.7 Å². The first kappa shape index (κ1) is 12.8. The van der Waals surface area contributed by atoms with E-state index in [1.54, 1.807) is 0 Å². The lowest BCUT2D eigenvalue weighted by Gasteiger charge is -2.11. The van der Waals surface area contributed by atoms with E-state index in [0.29, 0.717) is 5.92 Å². The molecule has 0 saturated carbocycles. The summed E-state index contributed by atoms with van der Waals surface area (Å²) >= 11 is 0. The van der Waals surface area contributed by atoms with Gasteiger partial charge in [0.25, 0.3) is 0 Å². The van der Waals surface area contributed by atoms with Crippen LogP contribution in [0, 0.1) is 5.92 Å². The van der Waals surface area contributed by atoms with Crippen LogP contribution in [-0.2, 0) is 6.54 Å². The topological polar surface area (TPSA) is 29.9 Å². The van der Waals surface area contributed by atoms with Crippen LogP contribution in [0.4, 0.5) is 0 Å². The summed E-state index contributed by atoms with van der Waals surface area (Å²) < 4.78 is 2.03. The van der Waals surface area contributed by atoms with Crippen molar-refractivity contribution in [1.29, 1.82) is 0 Å². The van der Waals surface area contributed by atoms with Gasteiger partial charge in [0.15, 0.2) is 0 Å². The molecule has 2 rings (SSSR count). The number of nitrogens with zero attached hydrogens (tertiary/aromatic N) is 2. The zero-order valence-corrected chi connectivity index (χ0v) is 11.1. The second kappa shape index (κ2) is 6.36. The Hall–Kier alpha value is -1.61. The molecule has 3 nitrogen and oxygen atoms in total. The van der Waals surface area contributed by atoms with Crippen LogP contribution in [0.5, 0.6) is 0 Å². The van der Waals surface area contributed by atoms with Crippen molar-refractivity contribution in [3.8, 4) is 11.1 Å². The van der Waals surface area contributed by atoms with E-state index in [4.69, 9.17) is 0 Å². The molecule has 0 aliphatic carbocycles. The van der Waals surface area contributed by atoms with Gasteiger partial charge in [-0.1, -0.05) is 44.2 Å². The highest BCUT2D eigenvalue weighted by Crippen LogP contribution is 2.17. The largest absolute Gasteiger partial charge is 0.317 e. The van der Waals surface area contributed by atoms with Crippen LogP contribution in [0.2, 0.25) is 0 Å². The summed E-state index contributed by atoms with van der Waals surface area (Å²) in [6.07, 6.45) is 4.06. The summed E-state index contributed by atoms with van der Waals surface area (Å²) in [5.41, 5.74) is 2.41. The van der Waals surface area contributed by atoms with Crippen LogP contribution in [0.3, 0.4) is 0 Å². The van der Waals surface area contributed by atoms with E-state index in [1.165, 1.54) is 11.1 Å². The van der Waals surface area contributed by atoms with Crippen molar-refractivity contribution in [2.45, 2.75) is 20.4 Å². The van der Waals surface area contributed by atoms with Gasteiger partial charge in [-0.3, -0.25) is 4.68 Å². The summed E-state index contributed by atoms with van der Waals surface area (Å²) in [5.74, 6) is 0.591. The lowest BCUT2D eigenvalue weighted by molar-refractivity contribution is 0.427. The molecule has 0 aliphatic heterocycles. The van der Waals surface area contributed by atoms with Crippen LogP contribution < -0.4 is 5.32 Å². The number of nitrogens with one attached hydrogen (secondary N) is 1. The van der Waals surface area contributed by atoms with Gasteiger partial charge < -0.3 is 5.32 Å². The number of hydrogen-bond donors (Lipinski definition) is 1. The van der Waals surface area contributed by atoms with Crippen molar-refractivity contribution in [2.75, 3.05) is 13.1 Å². The van der Waals surface area contributed by atoms with Gasteiger partial charge >= 0.3 is 0 Å². The number of hydrogen-bond acceptors (Lipinski definition) is 2. The first-order valence-electron chi connectivity index (χ1n) is 6.58. The van der Waals surface area contributed by atoms with Gasteiger partial charge in [-0.25, -0.2) is 0 Å². The molecule has 1 heterocycles. The highest BCUT2D eigenvalue weighted by Gasteiger charge is 2.05. The molecule has 3 heteroatoms. The Labute approximate surface area is 109 Å². The zero-order chi connectivity index (χ0) is 12.8. The Kier molecular flexibility index (Phi) is 4.53. The van der Waals surface area contributed by atoms with Crippen LogP contribution in [-0.4, -0.2) is 22.9 Å². The normalized spacial score (nSPS) is 12.6. The molecule has 0 fully saturated rings. The molecule has 1 aromatic carbocycles. The Morgan fingerprint density at radius 3 is 2.72 bits per heavy atom. The predicted octanol–water partition coefficient (Wildman–Crippen LogP) is 2.80. The molecule has 18 heavy (non-hydrogen) atoms. The van der Waals surface area contributed by atoms with Gasteiger partial charge in [0.05, 0.1) is 6.20 Å².